The molecule has 0 saturated carbocycles. The van der Waals surface area contributed by atoms with Crippen molar-refractivity contribution >= 4 is 11.6 Å². The third kappa shape index (κ3) is 4.04. The molecule has 4 heteroatoms. The zero-order valence-corrected chi connectivity index (χ0v) is 13.3. The van der Waals surface area contributed by atoms with Gasteiger partial charge in [-0.25, -0.2) is 0 Å². The van der Waals surface area contributed by atoms with Crippen LogP contribution in [0.25, 0.3) is 0 Å². The summed E-state index contributed by atoms with van der Waals surface area (Å²) in [5.74, 6) is 1.68. The van der Waals surface area contributed by atoms with E-state index in [1.165, 1.54) is 38.8 Å². The van der Waals surface area contributed by atoms with E-state index >= 15 is 0 Å². The Bertz CT molecular complexity index is 458. The van der Waals surface area contributed by atoms with Gasteiger partial charge in [0.25, 0.3) is 0 Å². The molecule has 1 atom stereocenters. The van der Waals surface area contributed by atoms with E-state index in [-0.39, 0.29) is 5.38 Å². The molecule has 1 fully saturated rings. The fourth-order valence-electron chi connectivity index (χ4n) is 3.03. The Hall–Kier alpha value is -0.930. The van der Waals surface area contributed by atoms with Crippen LogP contribution in [0.4, 0.5) is 0 Å². The third-order valence-corrected chi connectivity index (χ3v) is 4.64. The lowest BCUT2D eigenvalue weighted by Gasteiger charge is -2.23. The van der Waals surface area contributed by atoms with Crippen molar-refractivity contribution < 1.29 is 9.47 Å². The van der Waals surface area contributed by atoms with Crippen LogP contribution in [0, 0.1) is 0 Å². The van der Waals surface area contributed by atoms with Crippen molar-refractivity contribution in [1.29, 1.82) is 0 Å². The van der Waals surface area contributed by atoms with E-state index in [4.69, 9.17) is 21.1 Å². The Morgan fingerprint density at radius 3 is 2.43 bits per heavy atom. The molecule has 1 aromatic rings. The number of hydrogen-bond acceptors (Lipinski definition) is 3. The molecule has 2 aliphatic heterocycles. The minimum atomic E-state index is 0.0141. The van der Waals surface area contributed by atoms with Gasteiger partial charge in [0, 0.05) is 13.0 Å². The summed E-state index contributed by atoms with van der Waals surface area (Å²) in [6.45, 7) is 4.71. The quantitative estimate of drug-likeness (QED) is 0.788. The third-order valence-electron chi connectivity index (χ3n) is 4.25. The van der Waals surface area contributed by atoms with E-state index in [1.807, 2.05) is 6.07 Å². The second kappa shape index (κ2) is 7.37. The lowest BCUT2D eigenvalue weighted by molar-refractivity contribution is 0.285. The first-order chi connectivity index (χ1) is 10.3. The Morgan fingerprint density at radius 1 is 0.952 bits per heavy atom. The molecule has 1 saturated heterocycles. The molecule has 3 nitrogen and oxygen atoms in total. The number of benzene rings is 1. The summed E-state index contributed by atoms with van der Waals surface area (Å²) < 4.78 is 11.4. The molecule has 2 aliphatic rings. The fraction of sp³-hybridized carbons (Fsp3) is 0.647. The van der Waals surface area contributed by atoms with Gasteiger partial charge in [0.1, 0.15) is 0 Å². The molecule has 0 amide bonds. The lowest BCUT2D eigenvalue weighted by Crippen LogP contribution is -2.28. The van der Waals surface area contributed by atoms with Crippen LogP contribution in [0.3, 0.4) is 0 Å². The zero-order chi connectivity index (χ0) is 14.5. The number of nitrogens with zero attached hydrogens (tertiary/aromatic N) is 1. The largest absolute Gasteiger partial charge is 0.490 e. The second-order valence-electron chi connectivity index (χ2n) is 5.94. The molecule has 1 aromatic carbocycles. The van der Waals surface area contributed by atoms with Crippen LogP contribution < -0.4 is 9.47 Å². The van der Waals surface area contributed by atoms with Gasteiger partial charge < -0.3 is 14.4 Å². The molecule has 0 aromatic heterocycles. The minimum absolute atomic E-state index is 0.0141. The first-order valence-corrected chi connectivity index (χ1v) is 8.52. The van der Waals surface area contributed by atoms with E-state index < -0.39 is 0 Å². The summed E-state index contributed by atoms with van der Waals surface area (Å²) in [5.41, 5.74) is 1.13. The van der Waals surface area contributed by atoms with Crippen molar-refractivity contribution in [2.24, 2.45) is 0 Å². The summed E-state index contributed by atoms with van der Waals surface area (Å²) in [7, 11) is 0. The zero-order valence-electron chi connectivity index (χ0n) is 12.5. The van der Waals surface area contributed by atoms with Gasteiger partial charge in [0.2, 0.25) is 0 Å². The number of ether oxygens (including phenoxy) is 2. The van der Waals surface area contributed by atoms with Crippen LogP contribution in [0.2, 0.25) is 0 Å². The second-order valence-corrected chi connectivity index (χ2v) is 6.47. The van der Waals surface area contributed by atoms with Crippen LogP contribution in [0.1, 0.15) is 43.0 Å². The number of alkyl halides is 1. The van der Waals surface area contributed by atoms with E-state index in [1.54, 1.807) is 0 Å². The number of halogens is 1. The summed E-state index contributed by atoms with van der Waals surface area (Å²) in [4.78, 5) is 2.49. The van der Waals surface area contributed by atoms with Crippen LogP contribution in [-0.4, -0.2) is 37.7 Å². The number of hydrogen-bond donors (Lipinski definition) is 0. The fourth-order valence-corrected chi connectivity index (χ4v) is 3.36. The molecule has 0 bridgehead atoms. The maximum absolute atomic E-state index is 6.64. The number of likely N-dealkylation sites (tertiary alicyclic amines) is 1. The molecule has 3 rings (SSSR count). The average Bonchev–Trinajstić information content (AvgIpc) is 2.88. The summed E-state index contributed by atoms with van der Waals surface area (Å²) in [6.07, 6.45) is 6.23. The van der Waals surface area contributed by atoms with Crippen LogP contribution in [0.5, 0.6) is 11.5 Å². The lowest BCUT2D eigenvalue weighted by atomic mass is 10.1. The van der Waals surface area contributed by atoms with Gasteiger partial charge in [0.15, 0.2) is 11.5 Å². The molecule has 21 heavy (non-hydrogen) atoms. The number of fused-ring (bicyclic) bond motifs is 1. The van der Waals surface area contributed by atoms with Crippen molar-refractivity contribution in [2.45, 2.75) is 37.5 Å². The topological polar surface area (TPSA) is 21.7 Å². The maximum atomic E-state index is 6.64. The molecule has 0 N–H and O–H groups in total. The molecule has 0 radical (unpaired) electrons. The normalized spacial score (nSPS) is 21.4. The molecule has 0 spiro atoms. The van der Waals surface area contributed by atoms with E-state index in [2.05, 4.69) is 17.0 Å². The summed E-state index contributed by atoms with van der Waals surface area (Å²) in [5, 5.41) is 0.0141. The van der Waals surface area contributed by atoms with Crippen LogP contribution in [-0.2, 0) is 0 Å². The Balaban J connectivity index is 1.66. The van der Waals surface area contributed by atoms with E-state index in [0.29, 0.717) is 0 Å². The SMILES string of the molecule is ClC(CN1CCCCCC1)c1ccc2c(c1)OCCCO2. The van der Waals surface area contributed by atoms with Gasteiger partial charge in [-0.1, -0.05) is 18.9 Å². The maximum Gasteiger partial charge on any atom is 0.161 e. The van der Waals surface area contributed by atoms with E-state index in [0.717, 1.165) is 43.2 Å². The Morgan fingerprint density at radius 2 is 1.67 bits per heavy atom. The molecule has 116 valence electrons. The van der Waals surface area contributed by atoms with Gasteiger partial charge in [-0.2, -0.15) is 0 Å². The predicted octanol–water partition coefficient (Wildman–Crippen LogP) is 4.00. The van der Waals surface area contributed by atoms with Crippen molar-refractivity contribution in [3.05, 3.63) is 23.8 Å². The highest BCUT2D eigenvalue weighted by atomic mass is 35.5. The smallest absolute Gasteiger partial charge is 0.161 e. The molecule has 0 aliphatic carbocycles. The summed E-state index contributed by atoms with van der Waals surface area (Å²) >= 11 is 6.64. The highest BCUT2D eigenvalue weighted by Crippen LogP contribution is 2.34. The van der Waals surface area contributed by atoms with Gasteiger partial charge in [-0.3, -0.25) is 0 Å². The molecule has 2 heterocycles. The monoisotopic (exact) mass is 309 g/mol. The van der Waals surface area contributed by atoms with Crippen molar-refractivity contribution in [3.8, 4) is 11.5 Å². The highest BCUT2D eigenvalue weighted by Gasteiger charge is 2.18. The van der Waals surface area contributed by atoms with Crippen molar-refractivity contribution in [3.63, 3.8) is 0 Å². The van der Waals surface area contributed by atoms with Gasteiger partial charge >= 0.3 is 0 Å². The van der Waals surface area contributed by atoms with Crippen LogP contribution >= 0.6 is 11.6 Å². The Labute approximate surface area is 132 Å². The van der Waals surface area contributed by atoms with Gasteiger partial charge in [0.05, 0.1) is 18.6 Å². The van der Waals surface area contributed by atoms with E-state index in [9.17, 15) is 0 Å². The highest BCUT2D eigenvalue weighted by molar-refractivity contribution is 6.21. The molecule has 1 unspecified atom stereocenters. The van der Waals surface area contributed by atoms with Crippen molar-refractivity contribution in [2.75, 3.05) is 32.8 Å². The first kappa shape index (κ1) is 15.0. The van der Waals surface area contributed by atoms with Crippen molar-refractivity contribution in [1.82, 2.24) is 4.90 Å². The molecular weight excluding hydrogens is 286 g/mol. The van der Waals surface area contributed by atoms with Gasteiger partial charge in [-0.15, -0.1) is 11.6 Å². The predicted molar refractivity (Wildman–Crippen MR) is 85.6 cm³/mol. The van der Waals surface area contributed by atoms with Crippen LogP contribution in [0.15, 0.2) is 18.2 Å². The standard InChI is InChI=1S/C17H24ClNO2/c18-15(13-19-8-3-1-2-4-9-19)14-6-7-16-17(12-14)21-11-5-10-20-16/h6-7,12,15H,1-5,8-11,13H2. The Kier molecular flexibility index (Phi) is 5.26. The van der Waals surface area contributed by atoms with Gasteiger partial charge in [-0.05, 0) is 43.6 Å². The summed E-state index contributed by atoms with van der Waals surface area (Å²) in [6, 6.07) is 6.12. The number of rotatable bonds is 3. The average molecular weight is 310 g/mol. The first-order valence-electron chi connectivity index (χ1n) is 8.09. The minimum Gasteiger partial charge on any atom is -0.490 e. The molecular formula is C17H24ClNO2.